The van der Waals surface area contributed by atoms with E-state index in [1.165, 1.54) is 0 Å². The normalized spacial score (nSPS) is 23.0. The minimum absolute atomic E-state index is 0.153. The molecule has 124 valence electrons. The number of methoxy groups -OCH3 is 1. The molecule has 0 spiro atoms. The van der Waals surface area contributed by atoms with E-state index in [0.717, 1.165) is 44.2 Å². The minimum atomic E-state index is -0.186. The first-order valence-corrected chi connectivity index (χ1v) is 8.12. The molecule has 0 radical (unpaired) electrons. The highest BCUT2D eigenvalue weighted by atomic mass is 35.5. The fourth-order valence-corrected chi connectivity index (χ4v) is 3.01. The lowest BCUT2D eigenvalue weighted by molar-refractivity contribution is 0.0118. The van der Waals surface area contributed by atoms with Gasteiger partial charge in [-0.15, -0.1) is 0 Å². The lowest BCUT2D eigenvalue weighted by Crippen LogP contribution is -2.45. The molecule has 6 nitrogen and oxygen atoms in total. The van der Waals surface area contributed by atoms with Crippen molar-refractivity contribution in [1.29, 1.82) is 0 Å². The number of hydrogen-bond donors (Lipinski definition) is 0. The van der Waals surface area contributed by atoms with Gasteiger partial charge in [-0.1, -0.05) is 11.6 Å². The number of alkyl halides is 1. The number of pyridine rings is 1. The van der Waals surface area contributed by atoms with Crippen LogP contribution in [0, 0.1) is 0 Å². The van der Waals surface area contributed by atoms with Crippen molar-refractivity contribution in [3.63, 3.8) is 0 Å². The van der Waals surface area contributed by atoms with Crippen LogP contribution in [0.5, 0.6) is 5.75 Å². The molecule has 0 N–H and O–H groups in total. The van der Waals surface area contributed by atoms with Crippen LogP contribution in [0.15, 0.2) is 35.7 Å². The Morgan fingerprint density at radius 3 is 2.96 bits per heavy atom. The molecule has 3 rings (SSSR count). The van der Waals surface area contributed by atoms with E-state index >= 15 is 0 Å². The van der Waals surface area contributed by atoms with Gasteiger partial charge in [0.05, 0.1) is 38.9 Å². The average Bonchev–Trinajstić information content (AvgIpc) is 2.62. The number of nitrogens with zero attached hydrogens (tertiary/aromatic N) is 4. The predicted molar refractivity (Wildman–Crippen MR) is 89.9 cm³/mol. The Morgan fingerprint density at radius 1 is 1.39 bits per heavy atom. The van der Waals surface area contributed by atoms with Gasteiger partial charge in [0.1, 0.15) is 11.3 Å². The molecule has 2 aliphatic rings. The van der Waals surface area contributed by atoms with Crippen LogP contribution in [0.25, 0.3) is 0 Å². The van der Waals surface area contributed by atoms with E-state index in [0.29, 0.717) is 0 Å². The molecule has 1 aromatic heterocycles. The Balaban J connectivity index is 1.83. The molecule has 2 aliphatic heterocycles. The maximum atomic E-state index is 6.38. The third kappa shape index (κ3) is 4.02. The molecule has 1 fully saturated rings. The van der Waals surface area contributed by atoms with E-state index in [1.807, 2.05) is 23.2 Å². The summed E-state index contributed by atoms with van der Waals surface area (Å²) in [5.74, 6) is 0.760. The summed E-state index contributed by atoms with van der Waals surface area (Å²) >= 11 is 6.38. The first-order chi connectivity index (χ1) is 11.3. The average molecular weight is 337 g/mol. The van der Waals surface area contributed by atoms with Gasteiger partial charge in [0.15, 0.2) is 0 Å². The van der Waals surface area contributed by atoms with Crippen molar-refractivity contribution >= 4 is 17.9 Å². The van der Waals surface area contributed by atoms with Crippen LogP contribution in [-0.2, 0) is 4.74 Å². The van der Waals surface area contributed by atoms with Crippen molar-refractivity contribution in [2.45, 2.75) is 11.5 Å². The minimum Gasteiger partial charge on any atom is -0.495 e. The van der Waals surface area contributed by atoms with Crippen LogP contribution in [0.4, 0.5) is 0 Å². The summed E-state index contributed by atoms with van der Waals surface area (Å²) in [4.78, 5) is 12.9. The molecule has 0 saturated carbocycles. The fourth-order valence-electron chi connectivity index (χ4n) is 2.82. The molecule has 2 unspecified atom stereocenters. The topological polar surface area (TPSA) is 50.2 Å². The first kappa shape index (κ1) is 16.2. The molecule has 1 aromatic rings. The van der Waals surface area contributed by atoms with E-state index in [9.17, 15) is 0 Å². The number of aliphatic imine (C=N–C) groups is 1. The van der Waals surface area contributed by atoms with E-state index in [1.54, 1.807) is 25.8 Å². The van der Waals surface area contributed by atoms with Gasteiger partial charge < -0.3 is 14.4 Å². The number of hydrogen-bond acceptors (Lipinski definition) is 6. The van der Waals surface area contributed by atoms with E-state index in [2.05, 4.69) is 14.9 Å². The lowest BCUT2D eigenvalue weighted by Gasteiger charge is -2.38. The molecule has 0 amide bonds. The van der Waals surface area contributed by atoms with Crippen molar-refractivity contribution in [1.82, 2.24) is 14.8 Å². The van der Waals surface area contributed by atoms with Crippen molar-refractivity contribution < 1.29 is 9.47 Å². The Hall–Kier alpha value is -1.63. The number of aromatic nitrogens is 1. The largest absolute Gasteiger partial charge is 0.495 e. The summed E-state index contributed by atoms with van der Waals surface area (Å²) in [5, 5.41) is 0. The first-order valence-electron chi connectivity index (χ1n) is 7.68. The number of morpholine rings is 1. The molecule has 0 aromatic carbocycles. The Bertz CT molecular complexity index is 575. The molecular formula is C16H21ClN4O2. The van der Waals surface area contributed by atoms with Crippen LogP contribution < -0.4 is 4.74 Å². The SMILES string of the molecule is COc1cncc(C(CN2C=NC=CC2Cl)N2CCOCC2)c1. The van der Waals surface area contributed by atoms with Gasteiger partial charge in [0, 0.05) is 32.0 Å². The van der Waals surface area contributed by atoms with Crippen LogP contribution in [0.1, 0.15) is 11.6 Å². The molecule has 23 heavy (non-hydrogen) atoms. The second-order valence-electron chi connectivity index (χ2n) is 5.50. The Kier molecular flexibility index (Phi) is 5.48. The third-order valence-corrected chi connectivity index (χ3v) is 4.48. The second-order valence-corrected chi connectivity index (χ2v) is 5.94. The summed E-state index contributed by atoms with van der Waals surface area (Å²) in [6.45, 7) is 3.99. The lowest BCUT2D eigenvalue weighted by atomic mass is 10.1. The molecule has 2 atom stereocenters. The predicted octanol–water partition coefficient (Wildman–Crippen LogP) is 1.89. The Labute approximate surface area is 141 Å². The summed E-state index contributed by atoms with van der Waals surface area (Å²) in [7, 11) is 1.65. The third-order valence-electron chi connectivity index (χ3n) is 4.09. The quantitative estimate of drug-likeness (QED) is 0.607. The van der Waals surface area contributed by atoms with Gasteiger partial charge in [-0.3, -0.25) is 9.88 Å². The smallest absolute Gasteiger partial charge is 0.137 e. The maximum absolute atomic E-state index is 6.38. The highest BCUT2D eigenvalue weighted by molar-refractivity contribution is 6.22. The van der Waals surface area contributed by atoms with Crippen molar-refractivity contribution in [2.24, 2.45) is 4.99 Å². The molecule has 3 heterocycles. The monoisotopic (exact) mass is 336 g/mol. The summed E-state index contributed by atoms with van der Waals surface area (Å²) in [5.41, 5.74) is 0.924. The van der Waals surface area contributed by atoms with Gasteiger partial charge in [0.25, 0.3) is 0 Å². The zero-order valence-electron chi connectivity index (χ0n) is 13.1. The number of rotatable bonds is 5. The highest BCUT2D eigenvalue weighted by Crippen LogP contribution is 2.26. The highest BCUT2D eigenvalue weighted by Gasteiger charge is 2.27. The van der Waals surface area contributed by atoms with E-state index in [4.69, 9.17) is 21.1 Å². The molecule has 1 saturated heterocycles. The van der Waals surface area contributed by atoms with Crippen LogP contribution >= 0.6 is 11.6 Å². The van der Waals surface area contributed by atoms with E-state index < -0.39 is 0 Å². The van der Waals surface area contributed by atoms with Crippen molar-refractivity contribution in [2.75, 3.05) is 40.0 Å². The fraction of sp³-hybridized carbons (Fsp3) is 0.500. The number of halogens is 1. The van der Waals surface area contributed by atoms with Gasteiger partial charge in [-0.05, 0) is 17.7 Å². The molecule has 0 aliphatic carbocycles. The molecule has 7 heteroatoms. The maximum Gasteiger partial charge on any atom is 0.137 e. The van der Waals surface area contributed by atoms with E-state index in [-0.39, 0.29) is 11.5 Å². The van der Waals surface area contributed by atoms with Crippen LogP contribution in [0.3, 0.4) is 0 Å². The van der Waals surface area contributed by atoms with Gasteiger partial charge in [-0.25, -0.2) is 4.99 Å². The standard InChI is InChI=1S/C16H21ClN4O2/c1-22-14-8-13(9-19-10-14)15(20-4-6-23-7-5-20)11-21-12-18-3-2-16(21)17/h2-3,8-10,12,15-16H,4-7,11H2,1H3. The van der Waals surface area contributed by atoms with Crippen molar-refractivity contribution in [3.05, 3.63) is 36.3 Å². The van der Waals surface area contributed by atoms with Crippen LogP contribution in [-0.4, -0.2) is 66.6 Å². The zero-order chi connectivity index (χ0) is 16.1. The van der Waals surface area contributed by atoms with Gasteiger partial charge in [0.2, 0.25) is 0 Å². The number of ether oxygens (including phenoxy) is 2. The molecular weight excluding hydrogens is 316 g/mol. The van der Waals surface area contributed by atoms with Crippen molar-refractivity contribution in [3.8, 4) is 5.75 Å². The summed E-state index contributed by atoms with van der Waals surface area (Å²) < 4.78 is 10.8. The molecule has 0 bridgehead atoms. The summed E-state index contributed by atoms with van der Waals surface area (Å²) in [6, 6.07) is 2.19. The summed E-state index contributed by atoms with van der Waals surface area (Å²) in [6.07, 6.45) is 9.00. The zero-order valence-corrected chi connectivity index (χ0v) is 13.9. The van der Waals surface area contributed by atoms with Crippen LogP contribution in [0.2, 0.25) is 0 Å². The van der Waals surface area contributed by atoms with Gasteiger partial charge >= 0.3 is 0 Å². The Morgan fingerprint density at radius 2 is 2.22 bits per heavy atom. The second kappa shape index (κ2) is 7.77. The van der Waals surface area contributed by atoms with Gasteiger partial charge in [-0.2, -0.15) is 0 Å².